The summed E-state index contributed by atoms with van der Waals surface area (Å²) < 4.78 is 6.42. The Labute approximate surface area is 79.7 Å². The van der Waals surface area contributed by atoms with Crippen LogP contribution in [0.2, 0.25) is 0 Å². The molecule has 0 aliphatic heterocycles. The Kier molecular flexibility index (Phi) is 2.57. The Morgan fingerprint density at radius 1 is 1.50 bits per heavy atom. The molecule has 12 heavy (non-hydrogen) atoms. The van der Waals surface area contributed by atoms with Crippen LogP contribution >= 0.6 is 15.9 Å². The fourth-order valence-corrected chi connectivity index (χ4v) is 1.44. The molecule has 0 saturated carbocycles. The van der Waals surface area contributed by atoms with Gasteiger partial charge in [0.2, 0.25) is 0 Å². The third-order valence-corrected chi connectivity index (χ3v) is 2.66. The average molecular weight is 232 g/mol. The summed E-state index contributed by atoms with van der Waals surface area (Å²) in [5, 5.41) is 11.1. The Hall–Kier alpha value is -0.770. The minimum absolute atomic E-state index is 0.505. The van der Waals surface area contributed by atoms with Crippen LogP contribution in [0.15, 0.2) is 10.8 Å². The lowest BCUT2D eigenvalue weighted by molar-refractivity contribution is -0.618. The first-order chi connectivity index (χ1) is 5.57. The van der Waals surface area contributed by atoms with E-state index < -0.39 is 0 Å². The van der Waals surface area contributed by atoms with Crippen LogP contribution in [-0.2, 0) is 0 Å². The van der Waals surface area contributed by atoms with Crippen molar-refractivity contribution in [3.8, 4) is 5.75 Å². The van der Waals surface area contributed by atoms with E-state index in [-0.39, 0.29) is 0 Å². The van der Waals surface area contributed by atoms with Gasteiger partial charge in [0.15, 0.2) is 6.20 Å². The van der Waals surface area contributed by atoms with E-state index in [4.69, 9.17) is 4.74 Å². The first-order valence-corrected chi connectivity index (χ1v) is 4.30. The Bertz CT molecular complexity index is 312. The molecule has 0 saturated heterocycles. The molecule has 0 aromatic carbocycles. The molecule has 0 atom stereocenters. The summed E-state index contributed by atoms with van der Waals surface area (Å²) in [5.41, 5.74) is 1.67. The van der Waals surface area contributed by atoms with Crippen LogP contribution in [0.25, 0.3) is 0 Å². The normalized spacial score (nSPS) is 10.0. The van der Waals surface area contributed by atoms with Crippen LogP contribution in [0.5, 0.6) is 5.75 Å². The molecule has 0 spiro atoms. The van der Waals surface area contributed by atoms with Crippen molar-refractivity contribution < 1.29 is 9.47 Å². The van der Waals surface area contributed by atoms with E-state index in [2.05, 4.69) is 15.9 Å². The minimum Gasteiger partial charge on any atom is -0.618 e. The summed E-state index contributed by atoms with van der Waals surface area (Å²) in [5.74, 6) is 0.758. The lowest BCUT2D eigenvalue weighted by Gasteiger charge is -2.09. The van der Waals surface area contributed by atoms with Gasteiger partial charge < -0.3 is 9.94 Å². The number of aromatic nitrogens is 1. The Morgan fingerprint density at radius 2 is 2.08 bits per heavy atom. The van der Waals surface area contributed by atoms with Crippen molar-refractivity contribution in [2.45, 2.75) is 13.8 Å². The minimum atomic E-state index is 0.505. The molecule has 0 radical (unpaired) electrons. The number of rotatable bonds is 1. The summed E-state index contributed by atoms with van der Waals surface area (Å²) in [6, 6.07) is 0. The number of ether oxygens (including phenoxy) is 1. The van der Waals surface area contributed by atoms with E-state index in [9.17, 15) is 5.21 Å². The van der Waals surface area contributed by atoms with Crippen molar-refractivity contribution in [1.29, 1.82) is 0 Å². The third kappa shape index (κ3) is 1.39. The monoisotopic (exact) mass is 231 g/mol. The molecule has 1 heterocycles. The van der Waals surface area contributed by atoms with E-state index in [0.29, 0.717) is 4.60 Å². The zero-order valence-corrected chi connectivity index (χ0v) is 8.81. The van der Waals surface area contributed by atoms with Crippen molar-refractivity contribution in [2.24, 2.45) is 0 Å². The molecule has 1 rings (SSSR count). The zero-order valence-electron chi connectivity index (χ0n) is 7.22. The predicted octanol–water partition coefficient (Wildman–Crippen LogP) is 1.71. The van der Waals surface area contributed by atoms with Gasteiger partial charge in [-0.15, -0.1) is 0 Å². The van der Waals surface area contributed by atoms with Gasteiger partial charge in [-0.25, -0.2) is 0 Å². The van der Waals surface area contributed by atoms with Crippen LogP contribution in [0.1, 0.15) is 11.1 Å². The number of hydrogen-bond donors (Lipinski definition) is 0. The van der Waals surface area contributed by atoms with Gasteiger partial charge in [0, 0.05) is 15.9 Å². The van der Waals surface area contributed by atoms with Gasteiger partial charge in [-0.1, -0.05) is 0 Å². The van der Waals surface area contributed by atoms with Gasteiger partial charge in [0.25, 0.3) is 4.60 Å². The molecule has 0 aliphatic carbocycles. The highest BCUT2D eigenvalue weighted by molar-refractivity contribution is 9.10. The maximum atomic E-state index is 11.1. The second-order valence-corrected chi connectivity index (χ2v) is 3.34. The van der Waals surface area contributed by atoms with Crippen LogP contribution in [0.4, 0.5) is 0 Å². The molecule has 0 fully saturated rings. The lowest BCUT2D eigenvalue weighted by Crippen LogP contribution is -2.29. The van der Waals surface area contributed by atoms with Crippen molar-refractivity contribution in [3.05, 3.63) is 27.1 Å². The molecule has 4 heteroatoms. The number of hydrogen-bond acceptors (Lipinski definition) is 2. The fourth-order valence-electron chi connectivity index (χ4n) is 1.16. The maximum absolute atomic E-state index is 11.1. The predicted molar refractivity (Wildman–Crippen MR) is 49.1 cm³/mol. The summed E-state index contributed by atoms with van der Waals surface area (Å²) in [7, 11) is 1.59. The van der Waals surface area contributed by atoms with Crippen molar-refractivity contribution in [1.82, 2.24) is 0 Å². The van der Waals surface area contributed by atoms with E-state index in [0.717, 1.165) is 21.6 Å². The van der Waals surface area contributed by atoms with Gasteiger partial charge >= 0.3 is 0 Å². The first kappa shape index (κ1) is 9.32. The van der Waals surface area contributed by atoms with Crippen molar-refractivity contribution >= 4 is 15.9 Å². The highest BCUT2D eigenvalue weighted by Crippen LogP contribution is 2.25. The molecule has 3 nitrogen and oxygen atoms in total. The van der Waals surface area contributed by atoms with Gasteiger partial charge in [0.05, 0.1) is 18.2 Å². The molecule has 66 valence electrons. The Morgan fingerprint density at radius 3 is 2.58 bits per heavy atom. The third-order valence-electron chi connectivity index (χ3n) is 1.72. The average Bonchev–Trinajstić information content (AvgIpc) is 2.01. The molecule has 1 aromatic heterocycles. The van der Waals surface area contributed by atoms with Gasteiger partial charge in [0.1, 0.15) is 5.75 Å². The van der Waals surface area contributed by atoms with E-state index >= 15 is 0 Å². The second-order valence-electron chi connectivity index (χ2n) is 2.59. The van der Waals surface area contributed by atoms with E-state index in [1.165, 1.54) is 6.20 Å². The topological polar surface area (TPSA) is 36.2 Å². The molecular weight excluding hydrogens is 222 g/mol. The van der Waals surface area contributed by atoms with E-state index in [1.807, 2.05) is 13.8 Å². The van der Waals surface area contributed by atoms with Crippen LogP contribution in [0, 0.1) is 19.1 Å². The number of aryl methyl sites for hydroxylation is 1. The molecule has 1 aromatic rings. The fraction of sp³-hybridized carbons (Fsp3) is 0.375. The molecule has 0 amide bonds. The number of methoxy groups -OCH3 is 1. The number of halogens is 1. The SMILES string of the molecule is COc1c(C)c[n+]([O-])c(Br)c1C. The van der Waals surface area contributed by atoms with Crippen molar-refractivity contribution in [2.75, 3.05) is 7.11 Å². The van der Waals surface area contributed by atoms with Crippen LogP contribution < -0.4 is 9.47 Å². The number of nitrogens with zero attached hydrogens (tertiary/aromatic N) is 1. The van der Waals surface area contributed by atoms with Gasteiger partial charge in [-0.2, -0.15) is 4.73 Å². The second kappa shape index (κ2) is 3.31. The maximum Gasteiger partial charge on any atom is 0.265 e. The summed E-state index contributed by atoms with van der Waals surface area (Å²) in [4.78, 5) is 0. The zero-order chi connectivity index (χ0) is 9.30. The molecule has 0 N–H and O–H groups in total. The lowest BCUT2D eigenvalue weighted by atomic mass is 10.2. The highest BCUT2D eigenvalue weighted by atomic mass is 79.9. The Balaban J connectivity index is 3.40. The van der Waals surface area contributed by atoms with Crippen molar-refractivity contribution in [3.63, 3.8) is 0 Å². The van der Waals surface area contributed by atoms with Crippen LogP contribution in [-0.4, -0.2) is 7.11 Å². The molecule has 0 bridgehead atoms. The first-order valence-electron chi connectivity index (χ1n) is 3.50. The smallest absolute Gasteiger partial charge is 0.265 e. The van der Waals surface area contributed by atoms with Gasteiger partial charge in [-0.05, 0) is 13.8 Å². The number of pyridine rings is 1. The largest absolute Gasteiger partial charge is 0.618 e. The van der Waals surface area contributed by atoms with E-state index in [1.54, 1.807) is 7.11 Å². The summed E-state index contributed by atoms with van der Waals surface area (Å²) in [6.07, 6.45) is 1.48. The molecular formula is C8H10BrNO2. The summed E-state index contributed by atoms with van der Waals surface area (Å²) >= 11 is 3.18. The quantitative estimate of drug-likeness (QED) is 0.419. The molecule has 0 aliphatic rings. The highest BCUT2D eigenvalue weighted by Gasteiger charge is 2.14. The molecule has 0 unspecified atom stereocenters. The van der Waals surface area contributed by atoms with Gasteiger partial charge in [-0.3, -0.25) is 0 Å². The van der Waals surface area contributed by atoms with Crippen LogP contribution in [0.3, 0.4) is 0 Å². The standard InChI is InChI=1S/C8H10BrNO2/c1-5-4-10(11)8(9)6(2)7(5)12-3/h4H,1-3H3. The summed E-state index contributed by atoms with van der Waals surface area (Å²) in [6.45, 7) is 3.68.